The highest BCUT2D eigenvalue weighted by atomic mass is 16.1. The third-order valence-corrected chi connectivity index (χ3v) is 1.50. The number of nitrogens with zero attached hydrogens (tertiary/aromatic N) is 1. The Hall–Kier alpha value is -0.620. The van der Waals surface area contributed by atoms with Gasteiger partial charge in [-0.3, -0.25) is 0 Å². The van der Waals surface area contributed by atoms with Gasteiger partial charge in [-0.05, 0) is 13.3 Å². The minimum atomic E-state index is 0.170. The Morgan fingerprint density at radius 1 is 1.50 bits per heavy atom. The molecule has 0 N–H and O–H groups in total. The van der Waals surface area contributed by atoms with Gasteiger partial charge in [0.05, 0.1) is 6.04 Å². The van der Waals surface area contributed by atoms with Gasteiger partial charge >= 0.3 is 0 Å². The fourth-order valence-corrected chi connectivity index (χ4v) is 0.844. The fourth-order valence-electron chi connectivity index (χ4n) is 0.844. The molecular formula is C8H15NO. The third kappa shape index (κ3) is 5.52. The molecule has 0 aliphatic rings. The lowest BCUT2D eigenvalue weighted by Crippen LogP contribution is -1.96. The van der Waals surface area contributed by atoms with Crippen LogP contribution in [-0.2, 0) is 4.79 Å². The lowest BCUT2D eigenvalue weighted by Gasteiger charge is -2.00. The molecule has 10 heavy (non-hydrogen) atoms. The molecule has 1 atom stereocenters. The number of unbranched alkanes of at least 4 members (excludes halogenated alkanes) is 2. The summed E-state index contributed by atoms with van der Waals surface area (Å²) in [6.45, 7) is 4.11. The second kappa shape index (κ2) is 6.50. The summed E-state index contributed by atoms with van der Waals surface area (Å²) >= 11 is 0. The van der Waals surface area contributed by atoms with E-state index < -0.39 is 0 Å². The second-order valence-electron chi connectivity index (χ2n) is 2.57. The van der Waals surface area contributed by atoms with Gasteiger partial charge in [-0.1, -0.05) is 26.2 Å². The normalized spacial score (nSPS) is 12.2. The molecular weight excluding hydrogens is 126 g/mol. The van der Waals surface area contributed by atoms with E-state index in [-0.39, 0.29) is 6.04 Å². The van der Waals surface area contributed by atoms with E-state index in [9.17, 15) is 4.79 Å². The molecule has 0 unspecified atom stereocenters. The molecule has 0 aliphatic carbocycles. The van der Waals surface area contributed by atoms with E-state index in [2.05, 4.69) is 11.9 Å². The summed E-state index contributed by atoms with van der Waals surface area (Å²) in [6.07, 6.45) is 6.21. The standard InChI is InChI=1S/C8H15NO/c1-3-4-5-6-8(2)9-7-10/h8H,3-6H2,1-2H3/t8-/m1/s1. The van der Waals surface area contributed by atoms with E-state index in [1.54, 1.807) is 6.08 Å². The van der Waals surface area contributed by atoms with E-state index in [0.29, 0.717) is 0 Å². The van der Waals surface area contributed by atoms with E-state index in [0.717, 1.165) is 6.42 Å². The van der Waals surface area contributed by atoms with Gasteiger partial charge < -0.3 is 0 Å². The van der Waals surface area contributed by atoms with Crippen molar-refractivity contribution in [3.8, 4) is 0 Å². The molecule has 0 rings (SSSR count). The first-order chi connectivity index (χ1) is 4.81. The Morgan fingerprint density at radius 3 is 2.70 bits per heavy atom. The zero-order valence-electron chi connectivity index (χ0n) is 6.76. The lowest BCUT2D eigenvalue weighted by molar-refractivity contribution is 0.548. The zero-order valence-corrected chi connectivity index (χ0v) is 6.76. The van der Waals surface area contributed by atoms with Crippen molar-refractivity contribution in [1.29, 1.82) is 0 Å². The van der Waals surface area contributed by atoms with Crippen molar-refractivity contribution in [1.82, 2.24) is 0 Å². The van der Waals surface area contributed by atoms with Crippen LogP contribution < -0.4 is 0 Å². The minimum absolute atomic E-state index is 0.170. The summed E-state index contributed by atoms with van der Waals surface area (Å²) < 4.78 is 0. The van der Waals surface area contributed by atoms with Crippen LogP contribution in [-0.4, -0.2) is 12.1 Å². The van der Waals surface area contributed by atoms with Crippen LogP contribution in [0.1, 0.15) is 39.5 Å². The van der Waals surface area contributed by atoms with E-state index >= 15 is 0 Å². The Balaban J connectivity index is 3.21. The van der Waals surface area contributed by atoms with Crippen molar-refractivity contribution in [2.45, 2.75) is 45.6 Å². The maximum Gasteiger partial charge on any atom is 0.235 e. The van der Waals surface area contributed by atoms with Crippen molar-refractivity contribution in [2.75, 3.05) is 0 Å². The van der Waals surface area contributed by atoms with E-state index in [1.807, 2.05) is 6.92 Å². The molecule has 0 amide bonds. The molecule has 0 aromatic rings. The van der Waals surface area contributed by atoms with Gasteiger partial charge in [0.25, 0.3) is 0 Å². The summed E-state index contributed by atoms with van der Waals surface area (Å²) in [4.78, 5) is 13.3. The maximum atomic E-state index is 9.76. The summed E-state index contributed by atoms with van der Waals surface area (Å²) in [7, 11) is 0. The molecule has 0 saturated heterocycles. The average molecular weight is 141 g/mol. The van der Waals surface area contributed by atoms with Crippen molar-refractivity contribution in [3.63, 3.8) is 0 Å². The average Bonchev–Trinajstić information content (AvgIpc) is 1.89. The van der Waals surface area contributed by atoms with Crippen LogP contribution in [0.15, 0.2) is 4.99 Å². The number of rotatable bonds is 5. The van der Waals surface area contributed by atoms with Crippen LogP contribution in [0.4, 0.5) is 0 Å². The molecule has 0 radical (unpaired) electrons. The predicted octanol–water partition coefficient (Wildman–Crippen LogP) is 2.29. The molecule has 0 heterocycles. The highest BCUT2D eigenvalue weighted by Gasteiger charge is 1.96. The van der Waals surface area contributed by atoms with Gasteiger partial charge in [0, 0.05) is 0 Å². The SMILES string of the molecule is CCCCC[C@@H](C)N=C=O. The van der Waals surface area contributed by atoms with Crippen molar-refractivity contribution < 1.29 is 4.79 Å². The molecule has 0 saturated carbocycles. The van der Waals surface area contributed by atoms with Crippen LogP contribution in [0.3, 0.4) is 0 Å². The fraction of sp³-hybridized carbons (Fsp3) is 0.875. The van der Waals surface area contributed by atoms with Gasteiger partial charge in [0.2, 0.25) is 6.08 Å². The van der Waals surface area contributed by atoms with Gasteiger partial charge in [0.15, 0.2) is 0 Å². The molecule has 0 fully saturated rings. The molecule has 2 heteroatoms. The van der Waals surface area contributed by atoms with E-state index in [1.165, 1.54) is 19.3 Å². The summed E-state index contributed by atoms with van der Waals surface area (Å²) in [5, 5.41) is 0. The monoisotopic (exact) mass is 141 g/mol. The highest BCUT2D eigenvalue weighted by molar-refractivity contribution is 5.33. The predicted molar refractivity (Wildman–Crippen MR) is 41.7 cm³/mol. The first-order valence-electron chi connectivity index (χ1n) is 3.88. The minimum Gasteiger partial charge on any atom is -0.211 e. The third-order valence-electron chi connectivity index (χ3n) is 1.50. The molecule has 0 aromatic heterocycles. The molecule has 0 aliphatic heterocycles. The summed E-state index contributed by atoms with van der Waals surface area (Å²) in [5.41, 5.74) is 0. The Kier molecular flexibility index (Phi) is 6.10. The Bertz CT molecular complexity index is 116. The van der Waals surface area contributed by atoms with Crippen molar-refractivity contribution in [2.24, 2.45) is 4.99 Å². The number of hydrogen-bond donors (Lipinski definition) is 0. The molecule has 0 aromatic carbocycles. The first kappa shape index (κ1) is 9.38. The first-order valence-corrected chi connectivity index (χ1v) is 3.88. The van der Waals surface area contributed by atoms with Crippen LogP contribution in [0.5, 0.6) is 0 Å². The van der Waals surface area contributed by atoms with Crippen LogP contribution in [0.25, 0.3) is 0 Å². The summed E-state index contributed by atoms with van der Waals surface area (Å²) in [6, 6.07) is 0.170. The molecule has 2 nitrogen and oxygen atoms in total. The molecule has 0 bridgehead atoms. The number of hydrogen-bond acceptors (Lipinski definition) is 2. The Morgan fingerprint density at radius 2 is 2.20 bits per heavy atom. The number of aliphatic imine (C=N–C) groups is 1. The smallest absolute Gasteiger partial charge is 0.211 e. The van der Waals surface area contributed by atoms with Crippen molar-refractivity contribution >= 4 is 6.08 Å². The van der Waals surface area contributed by atoms with E-state index in [4.69, 9.17) is 0 Å². The quantitative estimate of drug-likeness (QED) is 0.328. The molecule has 58 valence electrons. The second-order valence-corrected chi connectivity index (χ2v) is 2.57. The maximum absolute atomic E-state index is 9.76. The Labute approximate surface area is 62.4 Å². The van der Waals surface area contributed by atoms with Gasteiger partial charge in [-0.15, -0.1) is 0 Å². The van der Waals surface area contributed by atoms with Crippen LogP contribution in [0.2, 0.25) is 0 Å². The van der Waals surface area contributed by atoms with Gasteiger partial charge in [0.1, 0.15) is 0 Å². The highest BCUT2D eigenvalue weighted by Crippen LogP contribution is 2.04. The number of carbonyl (C=O) groups excluding carboxylic acids is 1. The lowest BCUT2D eigenvalue weighted by atomic mass is 10.1. The largest absolute Gasteiger partial charge is 0.235 e. The number of isocyanates is 1. The molecule has 0 spiro atoms. The topological polar surface area (TPSA) is 29.4 Å². The van der Waals surface area contributed by atoms with Crippen LogP contribution >= 0.6 is 0 Å². The van der Waals surface area contributed by atoms with Crippen molar-refractivity contribution in [3.05, 3.63) is 0 Å². The van der Waals surface area contributed by atoms with Crippen LogP contribution in [0, 0.1) is 0 Å². The summed E-state index contributed by atoms with van der Waals surface area (Å²) in [5.74, 6) is 0. The zero-order chi connectivity index (χ0) is 7.82. The van der Waals surface area contributed by atoms with Gasteiger partial charge in [-0.25, -0.2) is 9.79 Å². The van der Waals surface area contributed by atoms with Gasteiger partial charge in [-0.2, -0.15) is 0 Å².